The number of aromatic nitrogens is 2. The van der Waals surface area contributed by atoms with Crippen molar-refractivity contribution >= 4 is 21.9 Å². The molecule has 1 rings (SSSR count). The van der Waals surface area contributed by atoms with E-state index in [-0.39, 0.29) is 0 Å². The first-order valence-corrected chi connectivity index (χ1v) is 8.35. The monoisotopic (exact) mass is 359 g/mol. The summed E-state index contributed by atoms with van der Waals surface area (Å²) in [5, 5.41) is 17.2. The topological polar surface area (TPSA) is 67.2 Å². The predicted molar refractivity (Wildman–Crippen MR) is 87.6 cm³/mol. The first-order valence-electron chi connectivity index (χ1n) is 7.56. The van der Waals surface area contributed by atoms with Gasteiger partial charge in [0.25, 0.3) is 0 Å². The van der Waals surface area contributed by atoms with E-state index in [0.717, 1.165) is 41.8 Å². The van der Waals surface area contributed by atoms with Crippen LogP contribution in [0, 0.1) is 13.8 Å². The fourth-order valence-corrected chi connectivity index (χ4v) is 2.80. The molecule has 5 nitrogen and oxygen atoms in total. The molecule has 0 aliphatic heterocycles. The van der Waals surface area contributed by atoms with E-state index in [0.29, 0.717) is 12.8 Å². The summed E-state index contributed by atoms with van der Waals surface area (Å²) in [5.74, 6) is -0.756. The van der Waals surface area contributed by atoms with E-state index in [1.165, 1.54) is 0 Å². The molecule has 0 bridgehead atoms. The summed E-state index contributed by atoms with van der Waals surface area (Å²) in [4.78, 5) is 11.6. The summed E-state index contributed by atoms with van der Waals surface area (Å²) in [5.41, 5.74) is 1.24. The van der Waals surface area contributed by atoms with Crippen LogP contribution in [0.1, 0.15) is 50.9 Å². The van der Waals surface area contributed by atoms with E-state index in [1.807, 2.05) is 32.4 Å². The summed E-state index contributed by atoms with van der Waals surface area (Å²) in [6.45, 7) is 9.42. The Morgan fingerprint density at radius 2 is 2.10 bits per heavy atom. The Bertz CT molecular complexity index is 488. The maximum Gasteiger partial charge on any atom is 0.323 e. The Balaban J connectivity index is 2.69. The van der Waals surface area contributed by atoms with Crippen LogP contribution in [0.3, 0.4) is 0 Å². The number of carboxylic acids is 1. The van der Waals surface area contributed by atoms with Crippen molar-refractivity contribution in [2.24, 2.45) is 0 Å². The van der Waals surface area contributed by atoms with E-state index in [4.69, 9.17) is 0 Å². The van der Waals surface area contributed by atoms with Crippen molar-refractivity contribution < 1.29 is 9.90 Å². The van der Waals surface area contributed by atoms with Crippen LogP contribution in [0.4, 0.5) is 0 Å². The van der Waals surface area contributed by atoms with Crippen molar-refractivity contribution in [3.05, 3.63) is 15.9 Å². The third kappa shape index (κ3) is 4.30. The minimum atomic E-state index is -0.816. The van der Waals surface area contributed by atoms with E-state index in [2.05, 4.69) is 26.3 Å². The third-order valence-corrected chi connectivity index (χ3v) is 5.14. The average Bonchev–Trinajstić information content (AvgIpc) is 2.70. The van der Waals surface area contributed by atoms with Gasteiger partial charge in [-0.15, -0.1) is 0 Å². The molecule has 1 heterocycles. The highest BCUT2D eigenvalue weighted by Gasteiger charge is 2.35. The molecule has 0 aromatic carbocycles. The fraction of sp³-hybridized carbons (Fsp3) is 0.733. The normalized spacial score (nSPS) is 14.1. The molecule has 0 aliphatic carbocycles. The van der Waals surface area contributed by atoms with Gasteiger partial charge in [0.1, 0.15) is 5.54 Å². The summed E-state index contributed by atoms with van der Waals surface area (Å²) in [6, 6.07) is 0. The molecule has 1 aromatic rings. The lowest BCUT2D eigenvalue weighted by molar-refractivity contribution is -0.145. The summed E-state index contributed by atoms with van der Waals surface area (Å²) in [6.07, 6.45) is 2.91. The number of hydrogen-bond donors (Lipinski definition) is 2. The van der Waals surface area contributed by atoms with Crippen molar-refractivity contribution in [2.45, 2.75) is 65.5 Å². The Hall–Kier alpha value is -0.880. The maximum absolute atomic E-state index is 11.6. The van der Waals surface area contributed by atoms with Gasteiger partial charge in [-0.2, -0.15) is 5.10 Å². The molecule has 21 heavy (non-hydrogen) atoms. The molecule has 0 aliphatic rings. The van der Waals surface area contributed by atoms with E-state index >= 15 is 0 Å². The molecular formula is C15H26BrN3O2. The van der Waals surface area contributed by atoms with E-state index in [9.17, 15) is 9.90 Å². The molecule has 120 valence electrons. The number of nitrogens with zero attached hydrogens (tertiary/aromatic N) is 2. The molecule has 1 unspecified atom stereocenters. The molecule has 0 saturated heterocycles. The number of halogens is 1. The zero-order valence-corrected chi connectivity index (χ0v) is 15.0. The van der Waals surface area contributed by atoms with Crippen LogP contribution < -0.4 is 5.32 Å². The molecule has 1 aromatic heterocycles. The van der Waals surface area contributed by atoms with E-state index in [1.54, 1.807) is 0 Å². The van der Waals surface area contributed by atoms with Crippen LogP contribution in [0.25, 0.3) is 0 Å². The van der Waals surface area contributed by atoms with Gasteiger partial charge in [0.15, 0.2) is 0 Å². The maximum atomic E-state index is 11.6. The molecule has 0 amide bonds. The summed E-state index contributed by atoms with van der Waals surface area (Å²) in [7, 11) is 0. The highest BCUT2D eigenvalue weighted by Crippen LogP contribution is 2.22. The largest absolute Gasteiger partial charge is 0.480 e. The predicted octanol–water partition coefficient (Wildman–Crippen LogP) is 3.28. The smallest absolute Gasteiger partial charge is 0.323 e. The lowest BCUT2D eigenvalue weighted by atomic mass is 9.90. The Morgan fingerprint density at radius 3 is 2.52 bits per heavy atom. The van der Waals surface area contributed by atoms with Gasteiger partial charge in [-0.05, 0) is 62.0 Å². The van der Waals surface area contributed by atoms with Gasteiger partial charge in [-0.25, -0.2) is 0 Å². The number of carboxylic acid groups (broad SMARTS) is 1. The zero-order valence-electron chi connectivity index (χ0n) is 13.4. The fourth-order valence-electron chi connectivity index (χ4n) is 2.51. The molecule has 0 fully saturated rings. The van der Waals surface area contributed by atoms with Crippen LogP contribution in [0.2, 0.25) is 0 Å². The van der Waals surface area contributed by atoms with Gasteiger partial charge in [-0.3, -0.25) is 9.48 Å². The molecule has 1 atom stereocenters. The van der Waals surface area contributed by atoms with Gasteiger partial charge in [0, 0.05) is 12.2 Å². The van der Waals surface area contributed by atoms with Crippen LogP contribution in [0.5, 0.6) is 0 Å². The van der Waals surface area contributed by atoms with Crippen molar-refractivity contribution in [3.8, 4) is 0 Å². The second kappa shape index (κ2) is 7.94. The molecule has 6 heteroatoms. The quantitative estimate of drug-likeness (QED) is 0.709. The lowest BCUT2D eigenvalue weighted by Crippen LogP contribution is -2.52. The Kier molecular flexibility index (Phi) is 6.87. The van der Waals surface area contributed by atoms with Crippen LogP contribution in [-0.4, -0.2) is 32.9 Å². The summed E-state index contributed by atoms with van der Waals surface area (Å²) >= 11 is 3.51. The highest BCUT2D eigenvalue weighted by atomic mass is 79.9. The lowest BCUT2D eigenvalue weighted by Gasteiger charge is -2.29. The van der Waals surface area contributed by atoms with Crippen molar-refractivity contribution in [2.75, 3.05) is 6.54 Å². The Labute approximate surface area is 135 Å². The molecular weight excluding hydrogens is 334 g/mol. The van der Waals surface area contributed by atoms with Gasteiger partial charge in [-0.1, -0.05) is 13.8 Å². The number of aliphatic carboxylic acids is 1. The molecule has 0 saturated carbocycles. The van der Waals surface area contributed by atoms with Crippen molar-refractivity contribution in [1.82, 2.24) is 15.1 Å². The zero-order chi connectivity index (χ0) is 16.0. The summed E-state index contributed by atoms with van der Waals surface area (Å²) < 4.78 is 2.98. The third-order valence-electron chi connectivity index (χ3n) is 3.99. The highest BCUT2D eigenvalue weighted by molar-refractivity contribution is 9.10. The molecule has 0 spiro atoms. The average molecular weight is 360 g/mol. The standard InChI is InChI=1S/C15H26BrN3O2/c1-5-9-17-15(6-2,14(20)21)8-7-10-19-12(4)13(16)11(3)18-19/h17H,5-10H2,1-4H3,(H,20,21). The SMILES string of the molecule is CCCNC(CC)(CCCn1nc(C)c(Br)c1C)C(=O)O. The second-order valence-electron chi connectivity index (χ2n) is 5.48. The van der Waals surface area contributed by atoms with Crippen molar-refractivity contribution in [1.29, 1.82) is 0 Å². The van der Waals surface area contributed by atoms with E-state index < -0.39 is 11.5 Å². The number of rotatable bonds is 9. The van der Waals surface area contributed by atoms with Gasteiger partial charge in [0.05, 0.1) is 10.2 Å². The minimum absolute atomic E-state index is 0.586. The van der Waals surface area contributed by atoms with Crippen molar-refractivity contribution in [3.63, 3.8) is 0 Å². The Morgan fingerprint density at radius 1 is 1.43 bits per heavy atom. The van der Waals surface area contributed by atoms with Gasteiger partial charge < -0.3 is 10.4 Å². The van der Waals surface area contributed by atoms with Crippen LogP contribution in [-0.2, 0) is 11.3 Å². The number of aryl methyl sites for hydroxylation is 2. The second-order valence-corrected chi connectivity index (χ2v) is 6.27. The number of nitrogens with one attached hydrogen (secondary N) is 1. The number of carbonyl (C=O) groups is 1. The first kappa shape index (κ1) is 18.2. The van der Waals surface area contributed by atoms with Crippen LogP contribution >= 0.6 is 15.9 Å². The number of hydrogen-bond acceptors (Lipinski definition) is 3. The minimum Gasteiger partial charge on any atom is -0.480 e. The molecule has 2 N–H and O–H groups in total. The van der Waals surface area contributed by atoms with Gasteiger partial charge in [0.2, 0.25) is 0 Å². The molecule has 0 radical (unpaired) electrons. The van der Waals surface area contributed by atoms with Crippen LogP contribution in [0.15, 0.2) is 4.47 Å². The van der Waals surface area contributed by atoms with Gasteiger partial charge >= 0.3 is 5.97 Å². The first-order chi connectivity index (χ1) is 9.88.